The summed E-state index contributed by atoms with van der Waals surface area (Å²) in [6.45, 7) is 9.12. The fourth-order valence-electron chi connectivity index (χ4n) is 2.69. The maximum atomic E-state index is 12.5. The maximum absolute atomic E-state index is 12.5. The van der Waals surface area contributed by atoms with Crippen LogP contribution in [0.1, 0.15) is 29.9 Å². The molecule has 0 saturated heterocycles. The summed E-state index contributed by atoms with van der Waals surface area (Å²) in [5.74, 6) is -0.191. The molecule has 0 bridgehead atoms. The number of Topliss-reactive ketones (excluding diaryl/α,β-unsaturated/α-hetero) is 1. The van der Waals surface area contributed by atoms with Gasteiger partial charge >= 0.3 is 6.03 Å². The molecule has 29 heavy (non-hydrogen) atoms. The Labute approximate surface area is 172 Å². The fourth-order valence-corrected chi connectivity index (χ4v) is 3.55. The highest BCUT2D eigenvalue weighted by Crippen LogP contribution is 2.31. The van der Waals surface area contributed by atoms with Gasteiger partial charge in [0.1, 0.15) is 10.3 Å². The number of nitrogens with one attached hydrogen (secondary N) is 2. The van der Waals surface area contributed by atoms with Gasteiger partial charge in [-0.2, -0.15) is 0 Å². The van der Waals surface area contributed by atoms with Gasteiger partial charge in [0.05, 0.1) is 5.54 Å². The second-order valence-electron chi connectivity index (χ2n) is 7.10. The molecule has 150 valence electrons. The van der Waals surface area contributed by atoms with Crippen molar-refractivity contribution in [1.82, 2.24) is 20.3 Å². The number of amides is 2. The highest BCUT2D eigenvalue weighted by atomic mass is 32.1. The van der Waals surface area contributed by atoms with Crippen LogP contribution in [0.2, 0.25) is 0 Å². The average molecular weight is 411 g/mol. The number of hydrogen-bond donors (Lipinski definition) is 3. The molecule has 0 aromatic carbocycles. The normalized spacial score (nSPS) is 11.3. The minimum Gasteiger partial charge on any atom is -0.334 e. The van der Waals surface area contributed by atoms with Crippen LogP contribution in [0.3, 0.4) is 0 Å². The molecule has 4 N–H and O–H groups in total. The molecule has 0 saturated carbocycles. The molecule has 9 heteroatoms. The van der Waals surface area contributed by atoms with Crippen LogP contribution in [0, 0.1) is 6.92 Å². The molecule has 0 aliphatic heterocycles. The highest BCUT2D eigenvalue weighted by molar-refractivity contribution is 7.21. The van der Waals surface area contributed by atoms with E-state index in [-0.39, 0.29) is 11.8 Å². The third-order valence-corrected chi connectivity index (χ3v) is 4.98. The molecule has 2 amide bonds. The number of hydrogen-bond acceptors (Lipinski definition) is 7. The Bertz CT molecular complexity index is 1100. The molecule has 0 unspecified atom stereocenters. The Morgan fingerprint density at radius 2 is 2.03 bits per heavy atom. The van der Waals surface area contributed by atoms with Gasteiger partial charge in [0.15, 0.2) is 10.9 Å². The van der Waals surface area contributed by atoms with E-state index in [9.17, 15) is 9.59 Å². The zero-order valence-corrected chi connectivity index (χ0v) is 17.3. The van der Waals surface area contributed by atoms with Crippen LogP contribution < -0.4 is 16.4 Å². The Morgan fingerprint density at radius 3 is 2.72 bits per heavy atom. The summed E-state index contributed by atoms with van der Waals surface area (Å²) in [5.41, 5.74) is 8.35. The van der Waals surface area contributed by atoms with Crippen molar-refractivity contribution in [3.05, 3.63) is 48.4 Å². The monoisotopic (exact) mass is 410 g/mol. The van der Waals surface area contributed by atoms with Crippen LogP contribution in [0.4, 0.5) is 9.93 Å². The van der Waals surface area contributed by atoms with Crippen molar-refractivity contribution in [3.8, 4) is 11.1 Å². The molecular formula is C20H22N6O2S. The van der Waals surface area contributed by atoms with E-state index in [4.69, 9.17) is 5.73 Å². The number of carbonyl (C=O) groups excluding carboxylic acids is 2. The van der Waals surface area contributed by atoms with Crippen molar-refractivity contribution in [2.75, 3.05) is 11.9 Å². The van der Waals surface area contributed by atoms with Gasteiger partial charge in [-0.1, -0.05) is 17.4 Å². The van der Waals surface area contributed by atoms with Gasteiger partial charge < -0.3 is 11.1 Å². The summed E-state index contributed by atoms with van der Waals surface area (Å²) in [4.78, 5) is 38.2. The molecule has 3 heterocycles. The molecule has 0 atom stereocenters. The molecule has 3 aromatic rings. The summed E-state index contributed by atoms with van der Waals surface area (Å²) in [5, 5.41) is 5.76. The van der Waals surface area contributed by atoms with E-state index < -0.39 is 5.54 Å². The van der Waals surface area contributed by atoms with Crippen molar-refractivity contribution in [2.45, 2.75) is 26.3 Å². The van der Waals surface area contributed by atoms with Crippen LogP contribution in [0.15, 0.2) is 37.2 Å². The molecule has 3 rings (SSSR count). The summed E-state index contributed by atoms with van der Waals surface area (Å²) in [7, 11) is 0. The van der Waals surface area contributed by atoms with E-state index in [1.807, 2.05) is 13.0 Å². The number of nitrogens with zero attached hydrogens (tertiary/aromatic N) is 3. The third-order valence-electron chi connectivity index (χ3n) is 4.10. The number of ketones is 1. The number of rotatable bonds is 6. The molecule has 0 radical (unpaired) electrons. The number of nitrogens with two attached hydrogens (primary N) is 1. The number of aromatic nitrogens is 3. The van der Waals surface area contributed by atoms with Gasteiger partial charge in [-0.05, 0) is 32.9 Å². The molecule has 0 aliphatic carbocycles. The van der Waals surface area contributed by atoms with E-state index in [1.165, 1.54) is 17.5 Å². The van der Waals surface area contributed by atoms with E-state index in [2.05, 4.69) is 32.2 Å². The average Bonchev–Trinajstić information content (AvgIpc) is 3.05. The highest BCUT2D eigenvalue weighted by Gasteiger charge is 2.24. The Hall–Kier alpha value is -3.17. The minimum absolute atomic E-state index is 0.191. The van der Waals surface area contributed by atoms with E-state index >= 15 is 0 Å². The quantitative estimate of drug-likeness (QED) is 0.423. The van der Waals surface area contributed by atoms with Crippen LogP contribution in [-0.4, -0.2) is 38.8 Å². The lowest BCUT2D eigenvalue weighted by Crippen LogP contribution is -2.41. The van der Waals surface area contributed by atoms with Crippen molar-refractivity contribution >= 4 is 38.6 Å². The number of fused-ring (bicyclic) bond motifs is 1. The van der Waals surface area contributed by atoms with Crippen molar-refractivity contribution in [2.24, 2.45) is 5.73 Å². The Morgan fingerprint density at radius 1 is 1.28 bits per heavy atom. The maximum Gasteiger partial charge on any atom is 0.321 e. The summed E-state index contributed by atoms with van der Waals surface area (Å²) >= 11 is 1.28. The predicted octanol–water partition coefficient (Wildman–Crippen LogP) is 3.29. The second-order valence-corrected chi connectivity index (χ2v) is 8.08. The zero-order chi connectivity index (χ0) is 21.2. The first-order valence-corrected chi connectivity index (χ1v) is 9.73. The van der Waals surface area contributed by atoms with Gasteiger partial charge in [0.25, 0.3) is 0 Å². The largest absolute Gasteiger partial charge is 0.334 e. The number of urea groups is 1. The fraction of sp³-hybridized carbons (Fsp3) is 0.250. The summed E-state index contributed by atoms with van der Waals surface area (Å²) in [6.07, 6.45) is 4.77. The van der Waals surface area contributed by atoms with Gasteiger partial charge in [0.2, 0.25) is 0 Å². The molecule has 0 spiro atoms. The van der Waals surface area contributed by atoms with Gasteiger partial charge in [0, 0.05) is 41.3 Å². The van der Waals surface area contributed by atoms with Crippen LogP contribution in [0.5, 0.6) is 0 Å². The summed E-state index contributed by atoms with van der Waals surface area (Å²) in [6, 6.07) is 3.27. The molecule has 3 aromatic heterocycles. The SMILES string of the molecule is C=CCNC(=O)Nc1nc2cc(-c3cncc(C(=O)C(C)(C)N)c3)c(C)nc2s1. The van der Waals surface area contributed by atoms with Crippen molar-refractivity contribution in [3.63, 3.8) is 0 Å². The topological polar surface area (TPSA) is 123 Å². The molecule has 0 aliphatic rings. The van der Waals surface area contributed by atoms with E-state index in [1.54, 1.807) is 32.2 Å². The number of carbonyl (C=O) groups is 2. The van der Waals surface area contributed by atoms with Crippen molar-refractivity contribution < 1.29 is 9.59 Å². The van der Waals surface area contributed by atoms with E-state index in [0.29, 0.717) is 27.6 Å². The number of aryl methyl sites for hydroxylation is 1. The molecule has 0 fully saturated rings. The first-order chi connectivity index (χ1) is 13.7. The first-order valence-electron chi connectivity index (χ1n) is 8.92. The van der Waals surface area contributed by atoms with Crippen LogP contribution in [-0.2, 0) is 0 Å². The predicted molar refractivity (Wildman–Crippen MR) is 115 cm³/mol. The van der Waals surface area contributed by atoms with Gasteiger partial charge in [-0.3, -0.25) is 15.1 Å². The van der Waals surface area contributed by atoms with Crippen LogP contribution in [0.25, 0.3) is 21.5 Å². The molecular weight excluding hydrogens is 388 g/mol. The lowest BCUT2D eigenvalue weighted by Gasteiger charge is -2.17. The third kappa shape index (κ3) is 4.64. The Kier molecular flexibility index (Phi) is 5.71. The minimum atomic E-state index is -0.987. The Balaban J connectivity index is 1.94. The number of pyridine rings is 2. The van der Waals surface area contributed by atoms with E-state index in [0.717, 1.165) is 16.8 Å². The second kappa shape index (κ2) is 8.06. The number of anilines is 1. The smallest absolute Gasteiger partial charge is 0.321 e. The van der Waals surface area contributed by atoms with Crippen molar-refractivity contribution in [1.29, 1.82) is 0 Å². The first kappa shape index (κ1) is 20.6. The van der Waals surface area contributed by atoms with Crippen LogP contribution >= 0.6 is 11.3 Å². The summed E-state index contributed by atoms with van der Waals surface area (Å²) < 4.78 is 0. The number of thiazole rings is 1. The van der Waals surface area contributed by atoms with Gasteiger partial charge in [-0.25, -0.2) is 14.8 Å². The lowest BCUT2D eigenvalue weighted by atomic mass is 9.94. The zero-order valence-electron chi connectivity index (χ0n) is 16.4. The lowest BCUT2D eigenvalue weighted by molar-refractivity contribution is 0.0913. The standard InChI is InChI=1S/C20H22N6O2S/c1-5-6-23-18(28)26-19-25-15-8-14(11(2)24-17(15)29-19)12-7-13(10-22-9-12)16(27)20(3,4)21/h5,7-10H,1,6,21H2,2-4H3,(H2,23,25,26,28). The van der Waals surface area contributed by atoms with Gasteiger partial charge in [-0.15, -0.1) is 6.58 Å². The molecule has 8 nitrogen and oxygen atoms in total.